The van der Waals surface area contributed by atoms with Crippen molar-refractivity contribution in [2.24, 2.45) is 5.92 Å². The third-order valence-electron chi connectivity index (χ3n) is 6.52. The number of ether oxygens (including phenoxy) is 2. The van der Waals surface area contributed by atoms with Crippen LogP contribution < -0.4 is 15.4 Å². The van der Waals surface area contributed by atoms with E-state index in [0.29, 0.717) is 23.5 Å². The van der Waals surface area contributed by atoms with Crippen molar-refractivity contribution >= 4 is 17.9 Å². The van der Waals surface area contributed by atoms with Gasteiger partial charge in [0.25, 0.3) is 5.91 Å². The Hall–Kier alpha value is -4.37. The number of amides is 3. The van der Waals surface area contributed by atoms with E-state index >= 15 is 0 Å². The van der Waals surface area contributed by atoms with Gasteiger partial charge in [-0.05, 0) is 54.3 Å². The molecule has 3 amide bonds. The number of para-hydroxylation sites is 1. The number of alkyl carbamates (subject to hydrolysis) is 1. The van der Waals surface area contributed by atoms with E-state index in [1.165, 1.54) is 4.90 Å². The van der Waals surface area contributed by atoms with Crippen LogP contribution in [0, 0.1) is 5.92 Å². The first-order valence-corrected chi connectivity index (χ1v) is 13.4. The lowest BCUT2D eigenvalue weighted by molar-refractivity contribution is -0.133. The molecular formula is C31H35N3O6. The van der Waals surface area contributed by atoms with Crippen molar-refractivity contribution < 1.29 is 29.0 Å². The predicted molar refractivity (Wildman–Crippen MR) is 150 cm³/mol. The first-order valence-electron chi connectivity index (χ1n) is 13.4. The molecule has 3 atom stereocenters. The van der Waals surface area contributed by atoms with Crippen LogP contribution in [0.1, 0.15) is 36.2 Å². The Morgan fingerprint density at radius 2 is 1.52 bits per heavy atom. The van der Waals surface area contributed by atoms with Crippen LogP contribution >= 0.6 is 0 Å². The maximum atomic E-state index is 13.3. The Bertz CT molecular complexity index is 1270. The number of benzene rings is 3. The van der Waals surface area contributed by atoms with Crippen LogP contribution in [-0.4, -0.2) is 59.2 Å². The standard InChI is InChI=1S/C31H35N3O6/c1-21(2)17-26(33-31(38)39-20-22-9-5-3-6-10-22)30(37)34-18-27(28(35)19-34)32-29(36)23-13-15-25(16-14-23)40-24-11-7-4-8-12-24/h3-16,21,26-28,35H,17-20H2,1-2H3,(H,32,36)(H,33,38)/t26-,27-,28-/m0/s1. The average Bonchev–Trinajstić information content (AvgIpc) is 3.32. The zero-order valence-electron chi connectivity index (χ0n) is 22.7. The molecule has 1 heterocycles. The van der Waals surface area contributed by atoms with Crippen molar-refractivity contribution in [2.75, 3.05) is 13.1 Å². The summed E-state index contributed by atoms with van der Waals surface area (Å²) in [6.45, 7) is 4.16. The van der Waals surface area contributed by atoms with Crippen molar-refractivity contribution in [3.8, 4) is 11.5 Å². The van der Waals surface area contributed by atoms with Crippen LogP contribution in [0.5, 0.6) is 11.5 Å². The van der Waals surface area contributed by atoms with Gasteiger partial charge in [0, 0.05) is 18.7 Å². The Labute approximate surface area is 234 Å². The number of carbonyl (C=O) groups is 3. The normalized spacial score (nSPS) is 17.2. The molecule has 0 unspecified atom stereocenters. The van der Waals surface area contributed by atoms with Gasteiger partial charge in [0.1, 0.15) is 24.1 Å². The van der Waals surface area contributed by atoms with Gasteiger partial charge in [0.2, 0.25) is 5.91 Å². The number of carbonyl (C=O) groups excluding carboxylic acids is 3. The van der Waals surface area contributed by atoms with E-state index in [1.54, 1.807) is 24.3 Å². The smallest absolute Gasteiger partial charge is 0.408 e. The van der Waals surface area contributed by atoms with Crippen molar-refractivity contribution in [3.05, 3.63) is 96.1 Å². The van der Waals surface area contributed by atoms with E-state index in [2.05, 4.69) is 10.6 Å². The first kappa shape index (κ1) is 28.6. The molecule has 3 aromatic carbocycles. The van der Waals surface area contributed by atoms with E-state index in [1.807, 2.05) is 74.5 Å². The quantitative estimate of drug-likeness (QED) is 0.353. The van der Waals surface area contributed by atoms with Gasteiger partial charge in [-0.2, -0.15) is 0 Å². The molecule has 0 saturated carbocycles. The topological polar surface area (TPSA) is 117 Å². The number of nitrogens with zero attached hydrogens (tertiary/aromatic N) is 1. The van der Waals surface area contributed by atoms with Crippen molar-refractivity contribution in [3.63, 3.8) is 0 Å². The third kappa shape index (κ3) is 8.07. The summed E-state index contributed by atoms with van der Waals surface area (Å²) in [5.41, 5.74) is 1.24. The van der Waals surface area contributed by atoms with Gasteiger partial charge in [-0.1, -0.05) is 62.4 Å². The number of hydrogen-bond acceptors (Lipinski definition) is 6. The molecule has 0 aliphatic carbocycles. The highest BCUT2D eigenvalue weighted by Gasteiger charge is 2.38. The second-order valence-electron chi connectivity index (χ2n) is 10.2. The summed E-state index contributed by atoms with van der Waals surface area (Å²) in [6, 6.07) is 23.8. The molecule has 0 radical (unpaired) electrons. The van der Waals surface area contributed by atoms with Gasteiger partial charge in [-0.25, -0.2) is 4.79 Å². The Morgan fingerprint density at radius 3 is 2.17 bits per heavy atom. The van der Waals surface area contributed by atoms with Gasteiger partial charge in [0.15, 0.2) is 0 Å². The number of aliphatic hydroxyl groups is 1. The van der Waals surface area contributed by atoms with Gasteiger partial charge < -0.3 is 30.1 Å². The van der Waals surface area contributed by atoms with E-state index in [0.717, 1.165) is 5.56 Å². The van der Waals surface area contributed by atoms with Gasteiger partial charge in [-0.3, -0.25) is 9.59 Å². The molecule has 1 saturated heterocycles. The molecule has 1 fully saturated rings. The zero-order valence-corrected chi connectivity index (χ0v) is 22.7. The van der Waals surface area contributed by atoms with E-state index < -0.39 is 24.3 Å². The number of nitrogens with one attached hydrogen (secondary N) is 2. The molecule has 40 heavy (non-hydrogen) atoms. The Morgan fingerprint density at radius 1 is 0.900 bits per heavy atom. The summed E-state index contributed by atoms with van der Waals surface area (Å²) in [6.07, 6.45) is -1.23. The lowest BCUT2D eigenvalue weighted by Crippen LogP contribution is -2.49. The summed E-state index contributed by atoms with van der Waals surface area (Å²) >= 11 is 0. The van der Waals surface area contributed by atoms with E-state index in [9.17, 15) is 19.5 Å². The molecular weight excluding hydrogens is 510 g/mol. The number of hydrogen-bond donors (Lipinski definition) is 3. The monoisotopic (exact) mass is 545 g/mol. The Kier molecular flexibility index (Phi) is 9.75. The summed E-state index contributed by atoms with van der Waals surface area (Å²) in [4.78, 5) is 40.1. The van der Waals surface area contributed by atoms with Crippen molar-refractivity contribution in [1.29, 1.82) is 0 Å². The number of β-amino-alcohol motifs (C(OH)–C–C–N with tert-alkyl or cyclic N) is 1. The molecule has 3 aromatic rings. The number of aliphatic hydroxyl groups excluding tert-OH is 1. The maximum absolute atomic E-state index is 13.3. The van der Waals surface area contributed by atoms with Gasteiger partial charge in [0.05, 0.1) is 12.1 Å². The summed E-state index contributed by atoms with van der Waals surface area (Å²) in [7, 11) is 0. The van der Waals surface area contributed by atoms with Crippen LogP contribution in [-0.2, 0) is 16.1 Å². The highest BCUT2D eigenvalue weighted by molar-refractivity contribution is 5.94. The van der Waals surface area contributed by atoms with Crippen LogP contribution in [0.3, 0.4) is 0 Å². The van der Waals surface area contributed by atoms with Crippen LogP contribution in [0.4, 0.5) is 4.79 Å². The van der Waals surface area contributed by atoms with Crippen LogP contribution in [0.25, 0.3) is 0 Å². The average molecular weight is 546 g/mol. The highest BCUT2D eigenvalue weighted by Crippen LogP contribution is 2.22. The molecule has 210 valence electrons. The number of likely N-dealkylation sites (tertiary alicyclic amines) is 1. The predicted octanol–water partition coefficient (Wildman–Crippen LogP) is 4.12. The molecule has 9 heteroatoms. The third-order valence-corrected chi connectivity index (χ3v) is 6.52. The minimum absolute atomic E-state index is 0.0446. The summed E-state index contributed by atoms with van der Waals surface area (Å²) in [5, 5.41) is 16.1. The molecule has 1 aliphatic heterocycles. The second kappa shape index (κ2) is 13.6. The summed E-state index contributed by atoms with van der Waals surface area (Å²) in [5.74, 6) is 0.703. The zero-order chi connectivity index (χ0) is 28.5. The van der Waals surface area contributed by atoms with E-state index in [-0.39, 0.29) is 37.4 Å². The van der Waals surface area contributed by atoms with Gasteiger partial charge in [-0.15, -0.1) is 0 Å². The largest absolute Gasteiger partial charge is 0.457 e. The summed E-state index contributed by atoms with van der Waals surface area (Å²) < 4.78 is 11.1. The lowest BCUT2D eigenvalue weighted by atomic mass is 10.0. The van der Waals surface area contributed by atoms with Crippen LogP contribution in [0.2, 0.25) is 0 Å². The van der Waals surface area contributed by atoms with E-state index in [4.69, 9.17) is 9.47 Å². The minimum Gasteiger partial charge on any atom is -0.457 e. The van der Waals surface area contributed by atoms with Crippen molar-refractivity contribution in [1.82, 2.24) is 15.5 Å². The Balaban J connectivity index is 1.31. The molecule has 0 spiro atoms. The molecule has 9 nitrogen and oxygen atoms in total. The molecule has 0 bridgehead atoms. The molecule has 0 aromatic heterocycles. The highest BCUT2D eigenvalue weighted by atomic mass is 16.5. The molecule has 1 aliphatic rings. The lowest BCUT2D eigenvalue weighted by Gasteiger charge is -2.25. The van der Waals surface area contributed by atoms with Gasteiger partial charge >= 0.3 is 6.09 Å². The first-order chi connectivity index (χ1) is 19.3. The molecule has 3 N–H and O–H groups in total. The fourth-order valence-corrected chi connectivity index (χ4v) is 4.48. The second-order valence-corrected chi connectivity index (χ2v) is 10.2. The maximum Gasteiger partial charge on any atom is 0.408 e. The minimum atomic E-state index is -0.946. The van der Waals surface area contributed by atoms with Crippen LogP contribution in [0.15, 0.2) is 84.9 Å². The fraction of sp³-hybridized carbons (Fsp3) is 0.323. The van der Waals surface area contributed by atoms with Crippen molar-refractivity contribution in [2.45, 2.75) is 45.1 Å². The number of rotatable bonds is 10. The fourth-order valence-electron chi connectivity index (χ4n) is 4.48. The molecule has 4 rings (SSSR count). The SMILES string of the molecule is CC(C)C[C@H](NC(=O)OCc1ccccc1)C(=O)N1C[C@H](NC(=O)c2ccc(Oc3ccccc3)cc2)[C@@H](O)C1.